The summed E-state index contributed by atoms with van der Waals surface area (Å²) in [7, 11) is 0. The molecule has 2 aromatic heterocycles. The van der Waals surface area contributed by atoms with E-state index in [0.717, 1.165) is 23.3 Å². The predicted octanol–water partition coefficient (Wildman–Crippen LogP) is 4.09. The molecule has 1 aromatic carbocycles. The molecule has 0 bridgehead atoms. The largest absolute Gasteiger partial charge is 0.383 e. The third-order valence-corrected chi connectivity index (χ3v) is 3.69. The highest BCUT2D eigenvalue weighted by molar-refractivity contribution is 5.75. The quantitative estimate of drug-likeness (QED) is 0.784. The van der Waals surface area contributed by atoms with Gasteiger partial charge in [-0.15, -0.1) is 0 Å². The molecule has 0 saturated carbocycles. The van der Waals surface area contributed by atoms with Gasteiger partial charge in [-0.1, -0.05) is 38.1 Å². The molecule has 3 nitrogen and oxygen atoms in total. The molecule has 3 aromatic rings. The van der Waals surface area contributed by atoms with Crippen molar-refractivity contribution in [2.45, 2.75) is 27.2 Å². The second-order valence-corrected chi connectivity index (χ2v) is 6.07. The first kappa shape index (κ1) is 13.7. The van der Waals surface area contributed by atoms with Gasteiger partial charge in [0.1, 0.15) is 17.2 Å². The van der Waals surface area contributed by atoms with E-state index >= 15 is 0 Å². The van der Waals surface area contributed by atoms with Crippen LogP contribution < -0.4 is 5.73 Å². The summed E-state index contributed by atoms with van der Waals surface area (Å²) in [6.45, 7) is 6.53. The maximum atomic E-state index is 6.24. The Balaban J connectivity index is 2.02. The summed E-state index contributed by atoms with van der Waals surface area (Å²) in [4.78, 5) is 4.67. The molecule has 0 radical (unpaired) electrons. The van der Waals surface area contributed by atoms with Gasteiger partial charge in [-0.2, -0.15) is 0 Å². The lowest BCUT2D eigenvalue weighted by atomic mass is 10.0. The number of aromatic nitrogens is 2. The number of nitrogen functional groups attached to an aromatic ring is 1. The Kier molecular flexibility index (Phi) is 3.42. The maximum absolute atomic E-state index is 6.24. The van der Waals surface area contributed by atoms with Gasteiger partial charge in [-0.25, -0.2) is 4.98 Å². The number of rotatable bonds is 3. The number of nitrogens with zero attached hydrogens (tertiary/aromatic N) is 2. The van der Waals surface area contributed by atoms with Crippen molar-refractivity contribution in [2.24, 2.45) is 5.92 Å². The van der Waals surface area contributed by atoms with Gasteiger partial charge >= 0.3 is 0 Å². The molecule has 2 heterocycles. The van der Waals surface area contributed by atoms with Crippen molar-refractivity contribution in [2.75, 3.05) is 5.73 Å². The van der Waals surface area contributed by atoms with Crippen LogP contribution in [0.5, 0.6) is 0 Å². The highest BCUT2D eigenvalue weighted by atomic mass is 15.1. The van der Waals surface area contributed by atoms with Gasteiger partial charge in [0, 0.05) is 11.8 Å². The summed E-state index contributed by atoms with van der Waals surface area (Å²) in [5, 5.41) is 0. The van der Waals surface area contributed by atoms with E-state index in [4.69, 9.17) is 5.73 Å². The Labute approximate surface area is 125 Å². The molecule has 0 fully saturated rings. The lowest BCUT2D eigenvalue weighted by Gasteiger charge is -2.06. The van der Waals surface area contributed by atoms with Crippen molar-refractivity contribution in [3.63, 3.8) is 0 Å². The number of nitrogens with two attached hydrogens (primary N) is 1. The molecule has 3 heteroatoms. The van der Waals surface area contributed by atoms with Gasteiger partial charge in [0.25, 0.3) is 0 Å². The van der Waals surface area contributed by atoms with Gasteiger partial charge in [-0.3, -0.25) is 4.40 Å². The molecule has 0 aliphatic carbocycles. The highest BCUT2D eigenvalue weighted by Gasteiger charge is 2.11. The minimum Gasteiger partial charge on any atom is -0.383 e. The number of hydrogen-bond donors (Lipinski definition) is 1. The molecule has 0 spiro atoms. The van der Waals surface area contributed by atoms with Crippen molar-refractivity contribution in [1.29, 1.82) is 0 Å². The molecule has 0 atom stereocenters. The second-order valence-electron chi connectivity index (χ2n) is 6.07. The first-order valence-electron chi connectivity index (χ1n) is 7.38. The standard InChI is InChI=1S/C18H21N3/c1-12(2)10-14-4-6-15(7-5-14)17-18(19)21-9-8-13(3)11-16(21)20-17/h4-9,11-12H,10,19H2,1-3H3. The third kappa shape index (κ3) is 2.64. The molecule has 0 unspecified atom stereocenters. The summed E-state index contributed by atoms with van der Waals surface area (Å²) in [5.74, 6) is 1.36. The summed E-state index contributed by atoms with van der Waals surface area (Å²) in [6.07, 6.45) is 3.07. The van der Waals surface area contributed by atoms with Crippen LogP contribution in [0.1, 0.15) is 25.0 Å². The van der Waals surface area contributed by atoms with Crippen molar-refractivity contribution in [1.82, 2.24) is 9.38 Å². The molecule has 0 amide bonds. The monoisotopic (exact) mass is 279 g/mol. The molecule has 0 aliphatic heterocycles. The van der Waals surface area contributed by atoms with E-state index in [2.05, 4.69) is 50.0 Å². The van der Waals surface area contributed by atoms with Crippen LogP contribution in [0.15, 0.2) is 42.6 Å². The van der Waals surface area contributed by atoms with E-state index in [1.165, 1.54) is 11.1 Å². The fraction of sp³-hybridized carbons (Fsp3) is 0.278. The fourth-order valence-corrected chi connectivity index (χ4v) is 2.65. The molecular formula is C18H21N3. The number of aryl methyl sites for hydroxylation is 1. The number of imidazole rings is 1. The van der Waals surface area contributed by atoms with Crippen LogP contribution in [0.25, 0.3) is 16.9 Å². The van der Waals surface area contributed by atoms with Crippen molar-refractivity contribution >= 4 is 11.5 Å². The molecule has 108 valence electrons. The van der Waals surface area contributed by atoms with Gasteiger partial charge in [0.2, 0.25) is 0 Å². The van der Waals surface area contributed by atoms with E-state index in [-0.39, 0.29) is 0 Å². The second kappa shape index (κ2) is 5.24. The predicted molar refractivity (Wildman–Crippen MR) is 88.3 cm³/mol. The Bertz CT molecular complexity index is 767. The molecule has 2 N–H and O–H groups in total. The van der Waals surface area contributed by atoms with E-state index in [0.29, 0.717) is 11.7 Å². The normalized spacial score (nSPS) is 11.4. The molecule has 0 aliphatic rings. The molecule has 0 saturated heterocycles. The van der Waals surface area contributed by atoms with Crippen LogP contribution >= 0.6 is 0 Å². The lowest BCUT2D eigenvalue weighted by Crippen LogP contribution is -1.95. The lowest BCUT2D eigenvalue weighted by molar-refractivity contribution is 0.647. The topological polar surface area (TPSA) is 43.3 Å². The smallest absolute Gasteiger partial charge is 0.139 e. The zero-order valence-electron chi connectivity index (χ0n) is 12.8. The summed E-state index contributed by atoms with van der Waals surface area (Å²) < 4.78 is 1.93. The molecule has 3 rings (SSSR count). The fourth-order valence-electron chi connectivity index (χ4n) is 2.65. The SMILES string of the molecule is Cc1ccn2c(N)c(-c3ccc(CC(C)C)cc3)nc2c1. The van der Waals surface area contributed by atoms with Crippen LogP contribution in [0, 0.1) is 12.8 Å². The Morgan fingerprint density at radius 1 is 1.14 bits per heavy atom. The van der Waals surface area contributed by atoms with E-state index in [1.54, 1.807) is 0 Å². The van der Waals surface area contributed by atoms with Gasteiger partial charge < -0.3 is 5.73 Å². The first-order chi connectivity index (χ1) is 10.0. The Morgan fingerprint density at radius 3 is 2.52 bits per heavy atom. The van der Waals surface area contributed by atoms with E-state index in [9.17, 15) is 0 Å². The summed E-state index contributed by atoms with van der Waals surface area (Å²) >= 11 is 0. The average molecular weight is 279 g/mol. The molecular weight excluding hydrogens is 258 g/mol. The number of hydrogen-bond acceptors (Lipinski definition) is 2. The minimum atomic E-state index is 0.666. The number of fused-ring (bicyclic) bond motifs is 1. The summed E-state index contributed by atoms with van der Waals surface area (Å²) in [5.41, 5.74) is 11.6. The van der Waals surface area contributed by atoms with Crippen LogP contribution in [-0.2, 0) is 6.42 Å². The Hall–Kier alpha value is -2.29. The van der Waals surface area contributed by atoms with E-state index in [1.807, 2.05) is 22.7 Å². The van der Waals surface area contributed by atoms with Crippen molar-refractivity contribution < 1.29 is 0 Å². The number of benzene rings is 1. The third-order valence-electron chi connectivity index (χ3n) is 3.69. The van der Waals surface area contributed by atoms with E-state index < -0.39 is 0 Å². The van der Waals surface area contributed by atoms with Gasteiger partial charge in [0.15, 0.2) is 0 Å². The molecule has 21 heavy (non-hydrogen) atoms. The minimum absolute atomic E-state index is 0.666. The maximum Gasteiger partial charge on any atom is 0.139 e. The number of pyridine rings is 1. The van der Waals surface area contributed by atoms with Crippen LogP contribution in [-0.4, -0.2) is 9.38 Å². The first-order valence-corrected chi connectivity index (χ1v) is 7.38. The Morgan fingerprint density at radius 2 is 1.86 bits per heavy atom. The zero-order valence-corrected chi connectivity index (χ0v) is 12.8. The highest BCUT2D eigenvalue weighted by Crippen LogP contribution is 2.27. The number of anilines is 1. The average Bonchev–Trinajstić information content (AvgIpc) is 2.75. The summed E-state index contributed by atoms with van der Waals surface area (Å²) in [6, 6.07) is 12.7. The van der Waals surface area contributed by atoms with Crippen LogP contribution in [0.4, 0.5) is 5.82 Å². The van der Waals surface area contributed by atoms with Crippen LogP contribution in [0.3, 0.4) is 0 Å². The zero-order chi connectivity index (χ0) is 15.0. The van der Waals surface area contributed by atoms with Crippen molar-refractivity contribution in [3.8, 4) is 11.3 Å². The van der Waals surface area contributed by atoms with Gasteiger partial charge in [0.05, 0.1) is 0 Å². The van der Waals surface area contributed by atoms with Gasteiger partial charge in [-0.05, 0) is 42.5 Å². The van der Waals surface area contributed by atoms with Crippen LogP contribution in [0.2, 0.25) is 0 Å². The van der Waals surface area contributed by atoms with Crippen molar-refractivity contribution in [3.05, 3.63) is 53.7 Å².